The van der Waals surface area contributed by atoms with Crippen molar-refractivity contribution in [2.24, 2.45) is 0 Å². The second-order valence-electron chi connectivity index (χ2n) is 9.12. The Hall–Kier alpha value is -2.69. The molecule has 2 saturated heterocycles. The lowest BCUT2D eigenvalue weighted by atomic mass is 10.0. The fourth-order valence-electron chi connectivity index (χ4n) is 4.87. The van der Waals surface area contributed by atoms with Gasteiger partial charge in [0.2, 0.25) is 21.8 Å². The Morgan fingerprint density at radius 3 is 2.58 bits per heavy atom. The highest BCUT2D eigenvalue weighted by molar-refractivity contribution is 7.89. The van der Waals surface area contributed by atoms with Crippen LogP contribution < -0.4 is 4.72 Å². The third-order valence-electron chi connectivity index (χ3n) is 6.79. The molecular formula is C25H30ClN3O6S. The number of nitrogens with zero attached hydrogens (tertiary/aromatic N) is 2. The summed E-state index contributed by atoms with van der Waals surface area (Å²) in [6.07, 6.45) is 2.34. The van der Waals surface area contributed by atoms with Crippen LogP contribution in [0.15, 0.2) is 41.3 Å². The van der Waals surface area contributed by atoms with E-state index >= 15 is 0 Å². The SMILES string of the molecule is CCOC(=O)C1CCCCN1C(=O)[C@H](C)N1CC[C@H](NS(=O)(=O)c2ccc3cc(Cl)ccc3c2)C1=O. The average Bonchev–Trinajstić information content (AvgIpc) is 3.21. The van der Waals surface area contributed by atoms with Gasteiger partial charge in [0, 0.05) is 18.1 Å². The Morgan fingerprint density at radius 2 is 1.83 bits per heavy atom. The molecule has 3 atom stereocenters. The molecule has 2 aliphatic heterocycles. The number of esters is 1. The summed E-state index contributed by atoms with van der Waals surface area (Å²) in [4.78, 5) is 41.7. The van der Waals surface area contributed by atoms with Crippen molar-refractivity contribution in [3.8, 4) is 0 Å². The second-order valence-corrected chi connectivity index (χ2v) is 11.3. The monoisotopic (exact) mass is 535 g/mol. The standard InChI is InChI=1S/C25H30ClN3O6S/c1-3-35-25(32)22-6-4-5-12-29(22)23(30)16(2)28-13-11-21(24(28)31)27-36(33,34)20-10-8-17-14-19(26)9-7-18(17)15-20/h7-10,14-16,21-22,27H,3-6,11-13H2,1-2H3/t16-,21-,22?/m0/s1. The van der Waals surface area contributed by atoms with Crippen LogP contribution in [0.5, 0.6) is 0 Å². The summed E-state index contributed by atoms with van der Waals surface area (Å²) < 4.78 is 33.7. The first-order valence-electron chi connectivity index (χ1n) is 12.1. The molecule has 0 radical (unpaired) electrons. The van der Waals surface area contributed by atoms with Gasteiger partial charge in [-0.15, -0.1) is 0 Å². The van der Waals surface area contributed by atoms with Crippen molar-refractivity contribution in [1.82, 2.24) is 14.5 Å². The first-order chi connectivity index (χ1) is 17.1. The fraction of sp³-hybridized carbons (Fsp3) is 0.480. The van der Waals surface area contributed by atoms with Crippen LogP contribution in [0.1, 0.15) is 39.5 Å². The van der Waals surface area contributed by atoms with Crippen molar-refractivity contribution < 1.29 is 27.5 Å². The van der Waals surface area contributed by atoms with E-state index in [9.17, 15) is 22.8 Å². The van der Waals surface area contributed by atoms with Gasteiger partial charge in [-0.1, -0.05) is 23.7 Å². The number of ether oxygens (including phenoxy) is 1. The number of sulfonamides is 1. The number of benzene rings is 2. The molecule has 9 nitrogen and oxygen atoms in total. The zero-order valence-corrected chi connectivity index (χ0v) is 21.8. The van der Waals surface area contributed by atoms with Gasteiger partial charge in [0.1, 0.15) is 18.1 Å². The molecule has 0 aromatic heterocycles. The van der Waals surface area contributed by atoms with Crippen LogP contribution in [0.2, 0.25) is 5.02 Å². The Morgan fingerprint density at radius 1 is 1.11 bits per heavy atom. The third kappa shape index (κ3) is 5.35. The maximum absolute atomic E-state index is 13.3. The van der Waals surface area contributed by atoms with Gasteiger partial charge in [-0.05, 0) is 74.6 Å². The van der Waals surface area contributed by atoms with Crippen molar-refractivity contribution in [1.29, 1.82) is 0 Å². The van der Waals surface area contributed by atoms with E-state index in [-0.39, 0.29) is 30.4 Å². The summed E-state index contributed by atoms with van der Waals surface area (Å²) in [6.45, 7) is 4.20. The van der Waals surface area contributed by atoms with Gasteiger partial charge in [0.25, 0.3) is 0 Å². The quantitative estimate of drug-likeness (QED) is 0.545. The number of likely N-dealkylation sites (tertiary alicyclic amines) is 2. The number of amides is 2. The summed E-state index contributed by atoms with van der Waals surface area (Å²) in [6, 6.07) is 7.35. The summed E-state index contributed by atoms with van der Waals surface area (Å²) in [5, 5.41) is 2.06. The fourth-order valence-corrected chi connectivity index (χ4v) is 6.30. The highest BCUT2D eigenvalue weighted by atomic mass is 35.5. The van der Waals surface area contributed by atoms with E-state index in [2.05, 4.69) is 4.72 Å². The molecule has 194 valence electrons. The van der Waals surface area contributed by atoms with E-state index < -0.39 is 40.0 Å². The van der Waals surface area contributed by atoms with E-state index in [0.29, 0.717) is 23.4 Å². The maximum Gasteiger partial charge on any atom is 0.328 e. The molecule has 11 heteroatoms. The molecule has 2 amide bonds. The lowest BCUT2D eigenvalue weighted by Gasteiger charge is -2.37. The molecule has 1 unspecified atom stereocenters. The van der Waals surface area contributed by atoms with Gasteiger partial charge in [-0.3, -0.25) is 9.59 Å². The highest BCUT2D eigenvalue weighted by Crippen LogP contribution is 2.25. The summed E-state index contributed by atoms with van der Waals surface area (Å²) in [5.74, 6) is -1.23. The minimum Gasteiger partial charge on any atom is -0.464 e. The topological polar surface area (TPSA) is 113 Å². The lowest BCUT2D eigenvalue weighted by Crippen LogP contribution is -2.56. The number of nitrogens with one attached hydrogen (secondary N) is 1. The van der Waals surface area contributed by atoms with Gasteiger partial charge in [0.05, 0.1) is 11.5 Å². The molecule has 1 N–H and O–H groups in total. The van der Waals surface area contributed by atoms with E-state index in [0.717, 1.165) is 18.2 Å². The molecule has 0 spiro atoms. The maximum atomic E-state index is 13.3. The number of piperidine rings is 1. The average molecular weight is 536 g/mol. The van der Waals surface area contributed by atoms with Crippen LogP contribution in [0.3, 0.4) is 0 Å². The van der Waals surface area contributed by atoms with Crippen molar-refractivity contribution in [3.05, 3.63) is 41.4 Å². The van der Waals surface area contributed by atoms with E-state index in [1.54, 1.807) is 38.1 Å². The predicted octanol–water partition coefficient (Wildman–Crippen LogP) is 2.71. The summed E-state index contributed by atoms with van der Waals surface area (Å²) in [5.41, 5.74) is 0. The molecule has 2 fully saturated rings. The number of fused-ring (bicyclic) bond motifs is 1. The van der Waals surface area contributed by atoms with Crippen LogP contribution in [0, 0.1) is 0 Å². The Balaban J connectivity index is 1.45. The number of rotatable bonds is 7. The Labute approximate surface area is 215 Å². The third-order valence-corrected chi connectivity index (χ3v) is 8.50. The van der Waals surface area contributed by atoms with E-state index in [1.165, 1.54) is 21.9 Å². The molecule has 2 aromatic carbocycles. The van der Waals surface area contributed by atoms with Crippen LogP contribution >= 0.6 is 11.6 Å². The second kappa shape index (κ2) is 10.7. The van der Waals surface area contributed by atoms with Gasteiger partial charge in [0.15, 0.2) is 0 Å². The van der Waals surface area contributed by atoms with E-state index in [1.807, 2.05) is 0 Å². The largest absolute Gasteiger partial charge is 0.464 e. The van der Waals surface area contributed by atoms with Crippen molar-refractivity contribution in [2.75, 3.05) is 19.7 Å². The molecule has 0 aliphatic carbocycles. The van der Waals surface area contributed by atoms with Crippen molar-refractivity contribution >= 4 is 50.2 Å². The Bertz CT molecular complexity index is 1280. The van der Waals surface area contributed by atoms with Gasteiger partial charge in [-0.2, -0.15) is 4.72 Å². The predicted molar refractivity (Wildman–Crippen MR) is 135 cm³/mol. The molecule has 36 heavy (non-hydrogen) atoms. The molecule has 0 saturated carbocycles. The molecule has 0 bridgehead atoms. The smallest absolute Gasteiger partial charge is 0.328 e. The van der Waals surface area contributed by atoms with Crippen LogP contribution in [0.25, 0.3) is 10.8 Å². The van der Waals surface area contributed by atoms with Gasteiger partial charge >= 0.3 is 5.97 Å². The molecule has 2 aromatic rings. The number of hydrogen-bond donors (Lipinski definition) is 1. The minimum atomic E-state index is -3.98. The number of carbonyl (C=O) groups is 3. The van der Waals surface area contributed by atoms with Crippen molar-refractivity contribution in [3.63, 3.8) is 0 Å². The zero-order valence-electron chi connectivity index (χ0n) is 20.3. The van der Waals surface area contributed by atoms with Crippen LogP contribution in [-0.2, 0) is 29.1 Å². The number of carbonyl (C=O) groups excluding carboxylic acids is 3. The zero-order chi connectivity index (χ0) is 26.0. The number of halogens is 1. The summed E-state index contributed by atoms with van der Waals surface area (Å²) >= 11 is 6.00. The van der Waals surface area contributed by atoms with Gasteiger partial charge < -0.3 is 14.5 Å². The van der Waals surface area contributed by atoms with Gasteiger partial charge in [-0.25, -0.2) is 13.2 Å². The normalized spacial score (nSPS) is 21.6. The van der Waals surface area contributed by atoms with Crippen LogP contribution in [0.4, 0.5) is 0 Å². The molecule has 2 aliphatic rings. The first-order valence-corrected chi connectivity index (χ1v) is 14.0. The number of hydrogen-bond acceptors (Lipinski definition) is 6. The Kier molecular flexibility index (Phi) is 7.87. The van der Waals surface area contributed by atoms with Crippen LogP contribution in [-0.4, -0.2) is 73.8 Å². The molecule has 2 heterocycles. The highest BCUT2D eigenvalue weighted by Gasteiger charge is 2.42. The molecular weight excluding hydrogens is 506 g/mol. The molecule has 4 rings (SSSR count). The minimum absolute atomic E-state index is 0.0401. The summed E-state index contributed by atoms with van der Waals surface area (Å²) in [7, 11) is -3.98. The lowest BCUT2D eigenvalue weighted by molar-refractivity contribution is -0.159. The van der Waals surface area contributed by atoms with Crippen molar-refractivity contribution in [2.45, 2.75) is 62.6 Å². The first kappa shape index (κ1) is 26.4. The van der Waals surface area contributed by atoms with E-state index in [4.69, 9.17) is 16.3 Å².